The molecule has 0 saturated carbocycles. The Balaban J connectivity index is 2.30. The third-order valence-electron chi connectivity index (χ3n) is 3.74. The van der Waals surface area contributed by atoms with Gasteiger partial charge in [0, 0.05) is 24.5 Å². The highest BCUT2D eigenvalue weighted by Gasteiger charge is 2.40. The van der Waals surface area contributed by atoms with Crippen molar-refractivity contribution in [1.82, 2.24) is 10.2 Å². The Kier molecular flexibility index (Phi) is 3.99. The molecule has 5 heteroatoms. The fourth-order valence-electron chi connectivity index (χ4n) is 2.91. The number of carboxylic acid groups (broad SMARTS) is 1. The number of amides is 1. The van der Waals surface area contributed by atoms with Crippen LogP contribution in [-0.4, -0.2) is 40.8 Å². The highest BCUT2D eigenvalue weighted by atomic mass is 19.1. The van der Waals surface area contributed by atoms with Crippen molar-refractivity contribution in [2.24, 2.45) is 0 Å². The van der Waals surface area contributed by atoms with Crippen LogP contribution in [0, 0.1) is 5.82 Å². The van der Waals surface area contributed by atoms with E-state index in [9.17, 15) is 14.3 Å². The minimum absolute atomic E-state index is 0.0472. The molecule has 0 aliphatic carbocycles. The number of nitrogens with one attached hydrogen (secondary N) is 1. The Labute approximate surface area is 118 Å². The van der Waals surface area contributed by atoms with Gasteiger partial charge in [0.2, 0.25) is 0 Å². The maximum atomic E-state index is 13.0. The molecule has 20 heavy (non-hydrogen) atoms. The Bertz CT molecular complexity index is 482. The topological polar surface area (TPSA) is 52.6 Å². The van der Waals surface area contributed by atoms with E-state index in [2.05, 4.69) is 5.32 Å². The predicted molar refractivity (Wildman–Crippen MR) is 75.4 cm³/mol. The van der Waals surface area contributed by atoms with Gasteiger partial charge in [-0.25, -0.2) is 9.18 Å². The molecule has 1 aromatic rings. The summed E-state index contributed by atoms with van der Waals surface area (Å²) in [5, 5.41) is 12.8. The molecule has 0 aromatic heterocycles. The van der Waals surface area contributed by atoms with E-state index in [1.165, 1.54) is 17.0 Å². The molecule has 2 atom stereocenters. The first kappa shape index (κ1) is 14.8. The molecule has 1 aromatic carbocycles. The molecule has 0 unspecified atom stereocenters. The van der Waals surface area contributed by atoms with Crippen molar-refractivity contribution in [3.8, 4) is 0 Å². The van der Waals surface area contributed by atoms with Gasteiger partial charge in [-0.3, -0.25) is 4.90 Å². The van der Waals surface area contributed by atoms with E-state index >= 15 is 0 Å². The van der Waals surface area contributed by atoms with Gasteiger partial charge in [0.05, 0.1) is 6.04 Å². The summed E-state index contributed by atoms with van der Waals surface area (Å²) in [4.78, 5) is 13.1. The van der Waals surface area contributed by atoms with Crippen molar-refractivity contribution in [2.75, 3.05) is 13.1 Å². The van der Waals surface area contributed by atoms with E-state index in [1.807, 2.05) is 20.8 Å². The van der Waals surface area contributed by atoms with E-state index in [0.717, 1.165) is 5.56 Å². The van der Waals surface area contributed by atoms with E-state index in [4.69, 9.17) is 0 Å². The van der Waals surface area contributed by atoms with Crippen LogP contribution in [-0.2, 0) is 0 Å². The molecule has 1 heterocycles. The van der Waals surface area contributed by atoms with Crippen LogP contribution in [0.3, 0.4) is 0 Å². The molecule has 1 aliphatic heterocycles. The van der Waals surface area contributed by atoms with Gasteiger partial charge in [-0.2, -0.15) is 0 Å². The average molecular weight is 280 g/mol. The zero-order valence-electron chi connectivity index (χ0n) is 12.1. The number of halogens is 1. The fourth-order valence-corrected chi connectivity index (χ4v) is 2.91. The minimum Gasteiger partial charge on any atom is -0.465 e. The van der Waals surface area contributed by atoms with Crippen molar-refractivity contribution >= 4 is 6.09 Å². The molecular weight excluding hydrogens is 259 g/mol. The van der Waals surface area contributed by atoms with Crippen LogP contribution >= 0.6 is 0 Å². The molecule has 4 nitrogen and oxygen atoms in total. The van der Waals surface area contributed by atoms with Gasteiger partial charge in [0.25, 0.3) is 0 Å². The summed E-state index contributed by atoms with van der Waals surface area (Å²) < 4.78 is 13.0. The fraction of sp³-hybridized carbons (Fsp3) is 0.533. The molecule has 1 fully saturated rings. The van der Waals surface area contributed by atoms with Crippen LogP contribution in [0.4, 0.5) is 9.18 Å². The van der Waals surface area contributed by atoms with Crippen molar-refractivity contribution in [3.63, 3.8) is 0 Å². The second-order valence-electron chi connectivity index (χ2n) is 6.21. The lowest BCUT2D eigenvalue weighted by Gasteiger charge is -2.40. The van der Waals surface area contributed by atoms with Gasteiger partial charge in [-0.1, -0.05) is 12.1 Å². The Hall–Kier alpha value is -1.62. The van der Waals surface area contributed by atoms with E-state index in [0.29, 0.717) is 13.1 Å². The van der Waals surface area contributed by atoms with Crippen LogP contribution in [0.25, 0.3) is 0 Å². The lowest BCUT2D eigenvalue weighted by atomic mass is 9.90. The summed E-state index contributed by atoms with van der Waals surface area (Å²) in [6.07, 6.45) is -0.918. The number of nitrogens with zero attached hydrogens (tertiary/aromatic N) is 1. The molecule has 0 radical (unpaired) electrons. The first-order valence-electron chi connectivity index (χ1n) is 6.79. The lowest BCUT2D eigenvalue weighted by molar-refractivity contribution is 0.0708. The van der Waals surface area contributed by atoms with Gasteiger partial charge < -0.3 is 10.4 Å². The molecule has 110 valence electrons. The van der Waals surface area contributed by atoms with Crippen molar-refractivity contribution in [2.45, 2.75) is 38.3 Å². The maximum absolute atomic E-state index is 13.0. The number of carbonyl (C=O) groups is 1. The van der Waals surface area contributed by atoms with Gasteiger partial charge >= 0.3 is 6.09 Å². The molecular formula is C15H21FN2O2. The third kappa shape index (κ3) is 2.93. The van der Waals surface area contributed by atoms with Crippen molar-refractivity contribution in [3.05, 3.63) is 35.6 Å². The van der Waals surface area contributed by atoms with Crippen LogP contribution < -0.4 is 5.32 Å². The Morgan fingerprint density at radius 2 is 1.90 bits per heavy atom. The average Bonchev–Trinajstić information content (AvgIpc) is 2.76. The quantitative estimate of drug-likeness (QED) is 0.875. The SMILES string of the molecule is CC(C)(C)N(C(=O)O)[C@@H]1CNC[C@H]1c1ccc(F)cc1. The summed E-state index contributed by atoms with van der Waals surface area (Å²) in [6, 6.07) is 6.18. The number of rotatable bonds is 2. The minimum atomic E-state index is -0.918. The van der Waals surface area contributed by atoms with Gasteiger partial charge in [-0.05, 0) is 38.5 Å². The standard InChI is InChI=1S/C15H21FN2O2/c1-15(2,3)18(14(19)20)13-9-17-8-12(13)10-4-6-11(16)7-5-10/h4-7,12-13,17H,8-9H2,1-3H3,(H,19,20)/t12-,13+/m0/s1. The first-order valence-corrected chi connectivity index (χ1v) is 6.79. The lowest BCUT2D eigenvalue weighted by Crippen LogP contribution is -2.53. The molecule has 0 bridgehead atoms. The van der Waals surface area contributed by atoms with Gasteiger partial charge in [-0.15, -0.1) is 0 Å². The first-order chi connectivity index (χ1) is 9.30. The third-order valence-corrected chi connectivity index (χ3v) is 3.74. The second-order valence-corrected chi connectivity index (χ2v) is 6.21. The van der Waals surface area contributed by atoms with Crippen LogP contribution in [0.15, 0.2) is 24.3 Å². The maximum Gasteiger partial charge on any atom is 0.408 e. The molecule has 2 N–H and O–H groups in total. The Morgan fingerprint density at radius 3 is 2.40 bits per heavy atom. The summed E-state index contributed by atoms with van der Waals surface area (Å²) in [6.45, 7) is 6.99. The Morgan fingerprint density at radius 1 is 1.30 bits per heavy atom. The zero-order valence-corrected chi connectivity index (χ0v) is 12.1. The number of hydrogen-bond donors (Lipinski definition) is 2. The summed E-state index contributed by atoms with van der Waals surface area (Å²) in [5.41, 5.74) is 0.498. The monoisotopic (exact) mass is 280 g/mol. The number of benzene rings is 1. The van der Waals surface area contributed by atoms with E-state index in [1.54, 1.807) is 12.1 Å². The molecule has 1 aliphatic rings. The van der Waals surface area contributed by atoms with Crippen molar-refractivity contribution in [1.29, 1.82) is 0 Å². The number of hydrogen-bond acceptors (Lipinski definition) is 2. The normalized spacial score (nSPS) is 22.8. The largest absolute Gasteiger partial charge is 0.465 e. The van der Waals surface area contributed by atoms with Crippen LogP contribution in [0.5, 0.6) is 0 Å². The highest BCUT2D eigenvalue weighted by molar-refractivity contribution is 5.67. The van der Waals surface area contributed by atoms with Crippen LogP contribution in [0.1, 0.15) is 32.3 Å². The van der Waals surface area contributed by atoms with Gasteiger partial charge in [0.15, 0.2) is 0 Å². The van der Waals surface area contributed by atoms with Crippen LogP contribution in [0.2, 0.25) is 0 Å². The smallest absolute Gasteiger partial charge is 0.408 e. The summed E-state index contributed by atoms with van der Waals surface area (Å²) in [5.74, 6) is -0.229. The zero-order chi connectivity index (χ0) is 14.9. The van der Waals surface area contributed by atoms with E-state index < -0.39 is 11.6 Å². The molecule has 1 amide bonds. The summed E-state index contributed by atoms with van der Waals surface area (Å²) in [7, 11) is 0. The van der Waals surface area contributed by atoms with Crippen molar-refractivity contribution < 1.29 is 14.3 Å². The highest BCUT2D eigenvalue weighted by Crippen LogP contribution is 2.31. The molecule has 1 saturated heterocycles. The second kappa shape index (κ2) is 5.40. The molecule has 0 spiro atoms. The van der Waals surface area contributed by atoms with Gasteiger partial charge in [0.1, 0.15) is 5.82 Å². The summed E-state index contributed by atoms with van der Waals surface area (Å²) >= 11 is 0. The van der Waals surface area contributed by atoms with E-state index in [-0.39, 0.29) is 17.8 Å². The predicted octanol–water partition coefficient (Wildman–Crippen LogP) is 2.66. The molecule has 2 rings (SSSR count).